The van der Waals surface area contributed by atoms with E-state index in [0.29, 0.717) is 0 Å². The Labute approximate surface area is 64.7 Å². The molecule has 6 heteroatoms. The van der Waals surface area contributed by atoms with Gasteiger partial charge in [0.1, 0.15) is 6.61 Å². The monoisotopic (exact) mass is 180 g/mol. The molecule has 0 heterocycles. The van der Waals surface area contributed by atoms with Gasteiger partial charge >= 0.3 is 15.4 Å². The quantitative estimate of drug-likeness (QED) is 0.354. The molecule has 0 radical (unpaired) electrons. The number of rotatable bonds is 3. The second-order valence-corrected chi connectivity index (χ2v) is 3.05. The van der Waals surface area contributed by atoms with Crippen LogP contribution in [0.4, 0.5) is 4.79 Å². The van der Waals surface area contributed by atoms with Crippen LogP contribution in [0.1, 0.15) is 0 Å². The molecule has 0 atom stereocenters. The van der Waals surface area contributed by atoms with Gasteiger partial charge in [-0.25, -0.2) is 4.79 Å². The van der Waals surface area contributed by atoms with E-state index in [-0.39, 0.29) is 6.61 Å². The molecule has 0 saturated heterocycles. The van der Waals surface area contributed by atoms with Crippen molar-refractivity contribution in [2.75, 3.05) is 13.7 Å². The highest BCUT2D eigenvalue weighted by Gasteiger charge is 2.22. The predicted molar refractivity (Wildman–Crippen MR) is 37.5 cm³/mol. The Hall–Kier alpha value is -0.880. The van der Waals surface area contributed by atoms with Crippen LogP contribution in [0.15, 0.2) is 12.7 Å². The summed E-state index contributed by atoms with van der Waals surface area (Å²) in [5.74, 6) is 0. The average molecular weight is 180 g/mol. The highest BCUT2D eigenvalue weighted by Crippen LogP contribution is 1.96. The molecule has 0 saturated carbocycles. The van der Waals surface area contributed by atoms with Crippen molar-refractivity contribution in [1.82, 2.24) is 0 Å². The first-order valence-corrected chi connectivity index (χ1v) is 4.03. The third kappa shape index (κ3) is 3.15. The lowest BCUT2D eigenvalue weighted by Crippen LogP contribution is -2.17. The fourth-order valence-electron chi connectivity index (χ4n) is 0.267. The van der Waals surface area contributed by atoms with Gasteiger partial charge in [-0.05, 0) is 0 Å². The molecule has 5 nitrogen and oxygen atoms in total. The van der Waals surface area contributed by atoms with E-state index in [9.17, 15) is 13.2 Å². The minimum absolute atomic E-state index is 0.151. The predicted octanol–water partition coefficient (Wildman–Crippen LogP) is 0.285. The molecule has 0 aromatic carbocycles. The van der Waals surface area contributed by atoms with Gasteiger partial charge in [0.15, 0.2) is 0 Å². The van der Waals surface area contributed by atoms with Crippen LogP contribution in [0.5, 0.6) is 0 Å². The molecule has 0 aliphatic carbocycles. The lowest BCUT2D eigenvalue weighted by molar-refractivity contribution is 0.180. The van der Waals surface area contributed by atoms with Gasteiger partial charge in [-0.15, -0.1) is 0 Å². The number of carbonyl (C=O) groups excluding carboxylic acids is 1. The summed E-state index contributed by atoms with van der Waals surface area (Å²) < 4.78 is 29.0. The van der Waals surface area contributed by atoms with Crippen LogP contribution in [0, 0.1) is 0 Å². The maximum atomic E-state index is 10.5. The van der Waals surface area contributed by atoms with Crippen molar-refractivity contribution >= 4 is 15.4 Å². The summed E-state index contributed by atoms with van der Waals surface area (Å²) in [6.07, 6.45) is 1.25. The van der Waals surface area contributed by atoms with E-state index in [1.165, 1.54) is 6.08 Å². The zero-order valence-corrected chi connectivity index (χ0v) is 6.76. The Bertz CT molecular complexity index is 240. The molecule has 0 aliphatic rings. The van der Waals surface area contributed by atoms with Crippen LogP contribution in [-0.2, 0) is 19.0 Å². The topological polar surface area (TPSA) is 69.7 Å². The lowest BCUT2D eigenvalue weighted by atomic mass is 10.7. The zero-order valence-electron chi connectivity index (χ0n) is 5.94. The summed E-state index contributed by atoms with van der Waals surface area (Å²) in [6, 6.07) is 0. The SMILES string of the molecule is C=CCOC(=O)S(=O)(=O)OC. The van der Waals surface area contributed by atoms with Crippen LogP contribution < -0.4 is 0 Å². The molecule has 0 amide bonds. The Morgan fingerprint density at radius 2 is 2.18 bits per heavy atom. The van der Waals surface area contributed by atoms with Crippen LogP contribution >= 0.6 is 0 Å². The molecule has 11 heavy (non-hydrogen) atoms. The van der Waals surface area contributed by atoms with E-state index in [2.05, 4.69) is 15.5 Å². The molecule has 64 valence electrons. The van der Waals surface area contributed by atoms with Crippen molar-refractivity contribution in [1.29, 1.82) is 0 Å². The molecule has 0 N–H and O–H groups in total. The van der Waals surface area contributed by atoms with Gasteiger partial charge in [-0.3, -0.25) is 4.18 Å². The van der Waals surface area contributed by atoms with Crippen LogP contribution in [-0.4, -0.2) is 27.4 Å². The Morgan fingerprint density at radius 1 is 1.64 bits per heavy atom. The van der Waals surface area contributed by atoms with E-state index in [1.807, 2.05) is 0 Å². The molecule has 0 aromatic heterocycles. The van der Waals surface area contributed by atoms with Crippen LogP contribution in [0.3, 0.4) is 0 Å². The minimum atomic E-state index is -4.18. The summed E-state index contributed by atoms with van der Waals surface area (Å²) in [7, 11) is -3.30. The fraction of sp³-hybridized carbons (Fsp3) is 0.400. The highest BCUT2D eigenvalue weighted by atomic mass is 32.2. The number of carbonyl (C=O) groups is 1. The Balaban J connectivity index is 4.15. The van der Waals surface area contributed by atoms with E-state index >= 15 is 0 Å². The largest absolute Gasteiger partial charge is 0.452 e. The van der Waals surface area contributed by atoms with Crippen molar-refractivity contribution < 1.29 is 22.1 Å². The summed E-state index contributed by atoms with van der Waals surface area (Å²) in [6.45, 7) is 3.08. The highest BCUT2D eigenvalue weighted by molar-refractivity contribution is 8.01. The minimum Gasteiger partial charge on any atom is -0.448 e. The number of hydrogen-bond donors (Lipinski definition) is 0. The Morgan fingerprint density at radius 3 is 2.55 bits per heavy atom. The maximum absolute atomic E-state index is 10.5. The third-order valence-electron chi connectivity index (χ3n) is 0.743. The van der Waals surface area contributed by atoms with Crippen molar-refractivity contribution in [2.45, 2.75) is 0 Å². The van der Waals surface area contributed by atoms with Gasteiger partial charge in [0.05, 0.1) is 7.11 Å². The molecular weight excluding hydrogens is 172 g/mol. The molecule has 0 unspecified atom stereocenters. The van der Waals surface area contributed by atoms with E-state index in [0.717, 1.165) is 7.11 Å². The first kappa shape index (κ1) is 10.1. The van der Waals surface area contributed by atoms with Gasteiger partial charge in [0.25, 0.3) is 0 Å². The lowest BCUT2D eigenvalue weighted by Gasteiger charge is -1.99. The molecule has 0 aliphatic heterocycles. The van der Waals surface area contributed by atoms with Crippen molar-refractivity contribution in [3.8, 4) is 0 Å². The summed E-state index contributed by atoms with van der Waals surface area (Å²) >= 11 is 0. The first-order valence-electron chi connectivity index (χ1n) is 2.63. The zero-order chi connectivity index (χ0) is 8.91. The van der Waals surface area contributed by atoms with Crippen LogP contribution in [0.2, 0.25) is 0 Å². The Kier molecular flexibility index (Phi) is 3.77. The first-order chi connectivity index (χ1) is 5.04. The molecule has 0 bridgehead atoms. The second-order valence-electron chi connectivity index (χ2n) is 1.47. The summed E-state index contributed by atoms with van der Waals surface area (Å²) in [4.78, 5) is 10.5. The summed E-state index contributed by atoms with van der Waals surface area (Å²) in [5, 5.41) is -1.40. The van der Waals surface area contributed by atoms with E-state index in [1.54, 1.807) is 0 Å². The van der Waals surface area contributed by atoms with Gasteiger partial charge in [-0.2, -0.15) is 8.42 Å². The van der Waals surface area contributed by atoms with Crippen molar-refractivity contribution in [3.63, 3.8) is 0 Å². The van der Waals surface area contributed by atoms with Gasteiger partial charge < -0.3 is 4.74 Å². The van der Waals surface area contributed by atoms with Crippen molar-refractivity contribution in [3.05, 3.63) is 12.7 Å². The number of hydrogen-bond acceptors (Lipinski definition) is 5. The van der Waals surface area contributed by atoms with Gasteiger partial charge in [0, 0.05) is 0 Å². The average Bonchev–Trinajstić information content (AvgIpc) is 2.00. The van der Waals surface area contributed by atoms with Crippen LogP contribution in [0.25, 0.3) is 0 Å². The second kappa shape index (κ2) is 4.09. The van der Waals surface area contributed by atoms with Crippen molar-refractivity contribution in [2.24, 2.45) is 0 Å². The smallest absolute Gasteiger partial charge is 0.448 e. The molecule has 0 aromatic rings. The molecule has 0 spiro atoms. The third-order valence-corrected chi connectivity index (χ3v) is 1.71. The van der Waals surface area contributed by atoms with Gasteiger partial charge in [-0.1, -0.05) is 12.7 Å². The molecular formula is C5H8O5S. The number of ether oxygens (including phenoxy) is 1. The van der Waals surface area contributed by atoms with Gasteiger partial charge in [0.2, 0.25) is 0 Å². The van der Waals surface area contributed by atoms with E-state index < -0.39 is 15.4 Å². The fourth-order valence-corrected chi connectivity index (χ4v) is 0.616. The summed E-state index contributed by atoms with van der Waals surface area (Å²) in [5.41, 5.74) is 0. The molecule has 0 rings (SSSR count). The van der Waals surface area contributed by atoms with E-state index in [4.69, 9.17) is 0 Å². The normalized spacial score (nSPS) is 10.6. The molecule has 0 fully saturated rings. The maximum Gasteiger partial charge on any atom is 0.452 e. The standard InChI is InChI=1S/C5H8O5S/c1-3-4-10-5(6)11(7,8)9-2/h3H,1,4H2,2H3.